The van der Waals surface area contributed by atoms with Crippen molar-refractivity contribution in [2.45, 2.75) is 40.5 Å². The first-order valence-corrected chi connectivity index (χ1v) is 6.29. The minimum Gasteiger partial charge on any atom is -0.454 e. The van der Waals surface area contributed by atoms with Gasteiger partial charge in [0.1, 0.15) is 0 Å². The monoisotopic (exact) mass is 234 g/mol. The first-order chi connectivity index (χ1) is 7.89. The molecular formula is C15H22O2. The molecule has 1 aliphatic rings. The molecule has 1 aliphatic heterocycles. The SMILES string of the molecule is CC(C)C(c1ccc2c(c1)OCO2)C(C)(C)C. The second kappa shape index (κ2) is 4.25. The first-order valence-electron chi connectivity index (χ1n) is 6.29. The van der Waals surface area contributed by atoms with Crippen molar-refractivity contribution >= 4 is 0 Å². The molecule has 0 N–H and O–H groups in total. The standard InChI is InChI=1S/C15H22O2/c1-10(2)14(15(3,4)5)11-6-7-12-13(8-11)17-9-16-12/h6-8,10,14H,9H2,1-5H3. The van der Waals surface area contributed by atoms with Crippen LogP contribution in [0.2, 0.25) is 0 Å². The zero-order valence-electron chi connectivity index (χ0n) is 11.4. The molecular weight excluding hydrogens is 212 g/mol. The Labute approximate surface area is 104 Å². The third-order valence-electron chi connectivity index (χ3n) is 3.36. The molecule has 2 rings (SSSR count). The van der Waals surface area contributed by atoms with Crippen molar-refractivity contribution in [1.82, 2.24) is 0 Å². The van der Waals surface area contributed by atoms with E-state index in [9.17, 15) is 0 Å². The lowest BCUT2D eigenvalue weighted by Crippen LogP contribution is -2.23. The molecule has 1 aromatic carbocycles. The Balaban J connectivity index is 2.37. The zero-order chi connectivity index (χ0) is 12.6. The molecule has 0 saturated carbocycles. The van der Waals surface area contributed by atoms with E-state index < -0.39 is 0 Å². The van der Waals surface area contributed by atoms with Crippen molar-refractivity contribution in [3.8, 4) is 11.5 Å². The van der Waals surface area contributed by atoms with Crippen LogP contribution < -0.4 is 9.47 Å². The van der Waals surface area contributed by atoms with Gasteiger partial charge in [-0.2, -0.15) is 0 Å². The zero-order valence-corrected chi connectivity index (χ0v) is 11.4. The highest BCUT2D eigenvalue weighted by molar-refractivity contribution is 5.45. The molecule has 0 spiro atoms. The van der Waals surface area contributed by atoms with Gasteiger partial charge in [0.15, 0.2) is 11.5 Å². The summed E-state index contributed by atoms with van der Waals surface area (Å²) in [5.41, 5.74) is 1.60. The summed E-state index contributed by atoms with van der Waals surface area (Å²) in [4.78, 5) is 0. The lowest BCUT2D eigenvalue weighted by molar-refractivity contribution is 0.174. The molecule has 0 fully saturated rings. The van der Waals surface area contributed by atoms with E-state index in [-0.39, 0.29) is 5.41 Å². The molecule has 1 heterocycles. The molecule has 17 heavy (non-hydrogen) atoms. The van der Waals surface area contributed by atoms with Crippen molar-refractivity contribution in [3.05, 3.63) is 23.8 Å². The molecule has 0 amide bonds. The Bertz CT molecular complexity index is 402. The smallest absolute Gasteiger partial charge is 0.231 e. The van der Waals surface area contributed by atoms with E-state index in [1.807, 2.05) is 6.07 Å². The number of ether oxygens (including phenoxy) is 2. The molecule has 0 radical (unpaired) electrons. The van der Waals surface area contributed by atoms with Gasteiger partial charge >= 0.3 is 0 Å². The summed E-state index contributed by atoms with van der Waals surface area (Å²) in [7, 11) is 0. The number of hydrogen-bond acceptors (Lipinski definition) is 2. The summed E-state index contributed by atoms with van der Waals surface area (Å²) in [6, 6.07) is 6.33. The third kappa shape index (κ3) is 2.41. The van der Waals surface area contributed by atoms with E-state index in [4.69, 9.17) is 9.47 Å². The lowest BCUT2D eigenvalue weighted by Gasteiger charge is -2.34. The highest BCUT2D eigenvalue weighted by Gasteiger charge is 2.30. The van der Waals surface area contributed by atoms with E-state index in [0.717, 1.165) is 11.5 Å². The molecule has 0 bridgehead atoms. The largest absolute Gasteiger partial charge is 0.454 e. The van der Waals surface area contributed by atoms with Crippen LogP contribution in [-0.2, 0) is 0 Å². The van der Waals surface area contributed by atoms with Crippen molar-refractivity contribution < 1.29 is 9.47 Å². The van der Waals surface area contributed by atoms with Gasteiger partial charge < -0.3 is 9.47 Å². The molecule has 0 saturated heterocycles. The van der Waals surface area contributed by atoms with Gasteiger partial charge in [-0.05, 0) is 34.9 Å². The Morgan fingerprint density at radius 1 is 1.06 bits per heavy atom. The molecule has 1 aromatic rings. The van der Waals surface area contributed by atoms with Crippen LogP contribution in [0, 0.1) is 11.3 Å². The minimum absolute atomic E-state index is 0.252. The van der Waals surface area contributed by atoms with Gasteiger partial charge in [0.2, 0.25) is 6.79 Å². The van der Waals surface area contributed by atoms with Crippen molar-refractivity contribution in [2.24, 2.45) is 11.3 Å². The van der Waals surface area contributed by atoms with Crippen LogP contribution in [0.1, 0.15) is 46.1 Å². The summed E-state index contributed by atoms with van der Waals surface area (Å²) < 4.78 is 10.8. The van der Waals surface area contributed by atoms with Crippen LogP contribution in [0.4, 0.5) is 0 Å². The van der Waals surface area contributed by atoms with E-state index in [0.29, 0.717) is 18.6 Å². The van der Waals surface area contributed by atoms with Gasteiger partial charge in [-0.15, -0.1) is 0 Å². The van der Waals surface area contributed by atoms with Crippen LogP contribution >= 0.6 is 0 Å². The number of fused-ring (bicyclic) bond motifs is 1. The van der Waals surface area contributed by atoms with Gasteiger partial charge in [0, 0.05) is 0 Å². The normalized spacial score (nSPS) is 16.4. The molecule has 2 nitrogen and oxygen atoms in total. The van der Waals surface area contributed by atoms with Crippen LogP contribution in [0.25, 0.3) is 0 Å². The van der Waals surface area contributed by atoms with Crippen molar-refractivity contribution in [2.75, 3.05) is 6.79 Å². The van der Waals surface area contributed by atoms with Crippen LogP contribution in [0.3, 0.4) is 0 Å². The fourth-order valence-corrected chi connectivity index (χ4v) is 2.99. The highest BCUT2D eigenvalue weighted by Crippen LogP contribution is 2.43. The van der Waals surface area contributed by atoms with Crippen LogP contribution in [0.5, 0.6) is 11.5 Å². The van der Waals surface area contributed by atoms with E-state index in [1.54, 1.807) is 0 Å². The Hall–Kier alpha value is -1.18. The van der Waals surface area contributed by atoms with Crippen molar-refractivity contribution in [1.29, 1.82) is 0 Å². The maximum atomic E-state index is 5.46. The average Bonchev–Trinajstić information content (AvgIpc) is 2.61. The predicted molar refractivity (Wildman–Crippen MR) is 69.6 cm³/mol. The van der Waals surface area contributed by atoms with Gasteiger partial charge in [0.05, 0.1) is 0 Å². The molecule has 2 heteroatoms. The minimum atomic E-state index is 0.252. The number of benzene rings is 1. The predicted octanol–water partition coefficient (Wildman–Crippen LogP) is 4.20. The second-order valence-corrected chi connectivity index (χ2v) is 6.20. The summed E-state index contributed by atoms with van der Waals surface area (Å²) >= 11 is 0. The fourth-order valence-electron chi connectivity index (χ4n) is 2.99. The van der Waals surface area contributed by atoms with Crippen LogP contribution in [-0.4, -0.2) is 6.79 Å². The van der Waals surface area contributed by atoms with Gasteiger partial charge in [0.25, 0.3) is 0 Å². The highest BCUT2D eigenvalue weighted by atomic mass is 16.7. The van der Waals surface area contributed by atoms with Gasteiger partial charge in [-0.1, -0.05) is 40.7 Å². The quantitative estimate of drug-likeness (QED) is 0.763. The van der Waals surface area contributed by atoms with Crippen molar-refractivity contribution in [3.63, 3.8) is 0 Å². The summed E-state index contributed by atoms with van der Waals surface area (Å²) in [5, 5.41) is 0. The molecule has 1 unspecified atom stereocenters. The van der Waals surface area contributed by atoms with E-state index >= 15 is 0 Å². The lowest BCUT2D eigenvalue weighted by atomic mass is 9.70. The molecule has 94 valence electrons. The summed E-state index contributed by atoms with van der Waals surface area (Å²) in [6.45, 7) is 11.8. The summed E-state index contributed by atoms with van der Waals surface area (Å²) in [6.07, 6.45) is 0. The maximum absolute atomic E-state index is 5.46. The van der Waals surface area contributed by atoms with E-state index in [1.165, 1.54) is 5.56 Å². The average molecular weight is 234 g/mol. The summed E-state index contributed by atoms with van der Waals surface area (Å²) in [5.74, 6) is 2.88. The molecule has 0 aliphatic carbocycles. The molecule has 0 aromatic heterocycles. The van der Waals surface area contributed by atoms with E-state index in [2.05, 4.69) is 46.8 Å². The second-order valence-electron chi connectivity index (χ2n) is 6.20. The first kappa shape index (κ1) is 12.3. The number of hydrogen-bond donors (Lipinski definition) is 0. The Morgan fingerprint density at radius 2 is 1.71 bits per heavy atom. The maximum Gasteiger partial charge on any atom is 0.231 e. The number of rotatable bonds is 2. The fraction of sp³-hybridized carbons (Fsp3) is 0.600. The van der Waals surface area contributed by atoms with Crippen LogP contribution in [0.15, 0.2) is 18.2 Å². The Morgan fingerprint density at radius 3 is 2.29 bits per heavy atom. The van der Waals surface area contributed by atoms with Gasteiger partial charge in [-0.25, -0.2) is 0 Å². The Kier molecular flexibility index (Phi) is 3.07. The molecule has 1 atom stereocenters. The third-order valence-corrected chi connectivity index (χ3v) is 3.36. The topological polar surface area (TPSA) is 18.5 Å². The van der Waals surface area contributed by atoms with Gasteiger partial charge in [-0.3, -0.25) is 0 Å².